The average molecular weight is 423 g/mol. The lowest BCUT2D eigenvalue weighted by Gasteiger charge is -2.61. The van der Waals surface area contributed by atoms with E-state index in [2.05, 4.69) is 0 Å². The third-order valence-electron chi connectivity index (χ3n) is 6.36. The molecule has 4 aliphatic carbocycles. The number of hydrogen-bond acceptors (Lipinski definition) is 7. The van der Waals surface area contributed by atoms with E-state index in [4.69, 9.17) is 11.6 Å². The molecule has 0 aromatic rings. The number of Topliss-reactive ketones (excluding diaryl/α,β-unsaturated/α-hetero) is 3. The highest BCUT2D eigenvalue weighted by Crippen LogP contribution is 2.64. The topological polar surface area (TPSA) is 132 Å². The minimum Gasteiger partial charge on any atom is -0.508 e. The van der Waals surface area contributed by atoms with E-state index in [9.17, 15) is 34.8 Å². The number of rotatable bonds is 2. The lowest BCUT2D eigenvalue weighted by Crippen LogP contribution is -2.75. The van der Waals surface area contributed by atoms with Crippen LogP contribution < -0.4 is 0 Å². The van der Waals surface area contributed by atoms with Crippen molar-refractivity contribution in [3.63, 3.8) is 0 Å². The first-order chi connectivity index (χ1) is 13.4. The molecule has 6 atom stereocenters. The van der Waals surface area contributed by atoms with Crippen LogP contribution in [0.2, 0.25) is 0 Å². The van der Waals surface area contributed by atoms with E-state index >= 15 is 0 Å². The summed E-state index contributed by atoms with van der Waals surface area (Å²) in [7, 11) is 0. The van der Waals surface area contributed by atoms with Gasteiger partial charge in [0, 0.05) is 11.5 Å². The summed E-state index contributed by atoms with van der Waals surface area (Å²) in [5.41, 5.74) is -6.44. The molecule has 3 fully saturated rings. The standard InChI is InChI=1S/C21H23ClO7/c1-4-5-6-7-11(23)13-14-20(3,29)18(28)19(2,17(13)27)9-21(14)15(25)10(22)8-12(24)16(21)26/h4-8,12,14,16,23-24,26,29H,9H2,1-3H3/b5-4+,7-6+,13-11+/t12-,14-,16+,19+,20-,21-/m0/s1. The van der Waals surface area contributed by atoms with Gasteiger partial charge in [0.1, 0.15) is 17.5 Å². The van der Waals surface area contributed by atoms with Crippen LogP contribution >= 0.6 is 11.6 Å². The number of allylic oxidation sites excluding steroid dienone is 5. The van der Waals surface area contributed by atoms with E-state index < -0.39 is 64.1 Å². The predicted molar refractivity (Wildman–Crippen MR) is 104 cm³/mol. The Morgan fingerprint density at radius 2 is 1.79 bits per heavy atom. The average Bonchev–Trinajstić information content (AvgIpc) is 2.65. The molecule has 1 spiro atoms. The smallest absolute Gasteiger partial charge is 0.183 e. The van der Waals surface area contributed by atoms with Gasteiger partial charge in [-0.25, -0.2) is 0 Å². The maximum atomic E-state index is 13.2. The van der Waals surface area contributed by atoms with E-state index in [1.807, 2.05) is 0 Å². The summed E-state index contributed by atoms with van der Waals surface area (Å²) >= 11 is 6.02. The number of aliphatic hydroxyl groups is 4. The van der Waals surface area contributed by atoms with Crippen LogP contribution in [0.5, 0.6) is 0 Å². The van der Waals surface area contributed by atoms with Crippen molar-refractivity contribution in [2.45, 2.75) is 45.0 Å². The normalized spacial score (nSPS) is 44.3. The van der Waals surface area contributed by atoms with Crippen molar-refractivity contribution in [2.24, 2.45) is 16.7 Å². The van der Waals surface area contributed by atoms with Crippen LogP contribution in [0, 0.1) is 16.7 Å². The van der Waals surface area contributed by atoms with Crippen LogP contribution in [0.4, 0.5) is 0 Å². The Bertz CT molecular complexity index is 925. The summed E-state index contributed by atoms with van der Waals surface area (Å²) in [6, 6.07) is 0. The number of fused-ring (bicyclic) bond motifs is 2. The highest BCUT2D eigenvalue weighted by Gasteiger charge is 2.77. The van der Waals surface area contributed by atoms with Gasteiger partial charge in [0.05, 0.1) is 22.0 Å². The Labute approximate surface area is 172 Å². The molecular formula is C21H23ClO7. The predicted octanol–water partition coefficient (Wildman–Crippen LogP) is 1.27. The summed E-state index contributed by atoms with van der Waals surface area (Å²) in [4.78, 5) is 39.3. The van der Waals surface area contributed by atoms with Gasteiger partial charge in [0.2, 0.25) is 0 Å². The first kappa shape index (κ1) is 21.6. The summed E-state index contributed by atoms with van der Waals surface area (Å²) < 4.78 is 0. The maximum Gasteiger partial charge on any atom is 0.183 e. The number of carbonyl (C=O) groups excluding carboxylic acids is 3. The van der Waals surface area contributed by atoms with Crippen molar-refractivity contribution in [2.75, 3.05) is 0 Å². The molecular weight excluding hydrogens is 400 g/mol. The number of hydrogen-bond donors (Lipinski definition) is 4. The molecule has 4 rings (SSSR count). The first-order valence-electron chi connectivity index (χ1n) is 9.20. The summed E-state index contributed by atoms with van der Waals surface area (Å²) in [5, 5.41) is 42.6. The number of carbonyl (C=O) groups is 3. The molecule has 3 saturated carbocycles. The molecule has 0 unspecified atom stereocenters. The second kappa shape index (κ2) is 6.74. The lowest BCUT2D eigenvalue weighted by molar-refractivity contribution is -0.203. The molecule has 8 heteroatoms. The van der Waals surface area contributed by atoms with Crippen molar-refractivity contribution in [1.29, 1.82) is 0 Å². The van der Waals surface area contributed by atoms with Crippen molar-refractivity contribution in [1.82, 2.24) is 0 Å². The molecule has 0 radical (unpaired) electrons. The molecule has 0 heterocycles. The Morgan fingerprint density at radius 1 is 1.17 bits per heavy atom. The van der Waals surface area contributed by atoms with Gasteiger partial charge >= 0.3 is 0 Å². The molecule has 4 N–H and O–H groups in total. The number of halogens is 1. The maximum absolute atomic E-state index is 13.2. The zero-order valence-electron chi connectivity index (χ0n) is 16.2. The molecule has 0 aliphatic heterocycles. The zero-order valence-corrected chi connectivity index (χ0v) is 17.0. The summed E-state index contributed by atoms with van der Waals surface area (Å²) in [6.45, 7) is 4.16. The minimum atomic E-state index is -2.26. The molecule has 0 saturated heterocycles. The fourth-order valence-corrected chi connectivity index (χ4v) is 5.49. The van der Waals surface area contributed by atoms with Crippen molar-refractivity contribution in [3.8, 4) is 0 Å². The van der Waals surface area contributed by atoms with Gasteiger partial charge < -0.3 is 20.4 Å². The van der Waals surface area contributed by atoms with Crippen LogP contribution in [0.25, 0.3) is 0 Å². The summed E-state index contributed by atoms with van der Waals surface area (Å²) in [6.07, 6.45) is 3.19. The highest BCUT2D eigenvalue weighted by molar-refractivity contribution is 6.44. The van der Waals surface area contributed by atoms with Crippen LogP contribution in [-0.4, -0.2) is 55.6 Å². The first-order valence-corrected chi connectivity index (χ1v) is 9.58. The van der Waals surface area contributed by atoms with Crippen LogP contribution in [0.1, 0.15) is 27.2 Å². The summed E-state index contributed by atoms with van der Waals surface area (Å²) in [5.74, 6) is -4.45. The Kier molecular flexibility index (Phi) is 5.03. The van der Waals surface area contributed by atoms with E-state index in [1.165, 1.54) is 19.1 Å². The quantitative estimate of drug-likeness (QED) is 0.228. The molecule has 29 heavy (non-hydrogen) atoms. The van der Waals surface area contributed by atoms with Crippen molar-refractivity contribution >= 4 is 29.0 Å². The van der Waals surface area contributed by atoms with Gasteiger partial charge in [-0.05, 0) is 39.3 Å². The van der Waals surface area contributed by atoms with Crippen molar-refractivity contribution in [3.05, 3.63) is 46.7 Å². The van der Waals surface area contributed by atoms with Gasteiger partial charge in [0.15, 0.2) is 17.3 Å². The minimum absolute atomic E-state index is 0.338. The van der Waals surface area contributed by atoms with Gasteiger partial charge in [0.25, 0.3) is 0 Å². The number of ketones is 3. The van der Waals surface area contributed by atoms with E-state index in [-0.39, 0.29) is 10.6 Å². The Balaban J connectivity index is 2.37. The SMILES string of the molecule is C/C=C/C=C/C(O)=C1\C(=O)[C@@]2(C)C[C@@]3(C(=O)C(Cl)=C[C@H](O)[C@H]3O)[C@@H]1[C@](C)(O)C2=O. The second-order valence-corrected chi connectivity index (χ2v) is 8.66. The van der Waals surface area contributed by atoms with E-state index in [0.29, 0.717) is 0 Å². The van der Waals surface area contributed by atoms with E-state index in [1.54, 1.807) is 19.1 Å². The fraction of sp³-hybridized carbons (Fsp3) is 0.476. The fourth-order valence-electron chi connectivity index (χ4n) is 5.19. The van der Waals surface area contributed by atoms with Crippen molar-refractivity contribution < 1.29 is 34.8 Å². The zero-order chi connectivity index (χ0) is 21.9. The molecule has 0 aromatic heterocycles. The molecule has 156 valence electrons. The van der Waals surface area contributed by atoms with Gasteiger partial charge in [-0.3, -0.25) is 14.4 Å². The van der Waals surface area contributed by atoms with E-state index in [0.717, 1.165) is 13.0 Å². The van der Waals surface area contributed by atoms with Crippen LogP contribution in [-0.2, 0) is 14.4 Å². The van der Waals surface area contributed by atoms with Gasteiger partial charge in [-0.1, -0.05) is 29.8 Å². The molecule has 4 aliphatic rings. The van der Waals surface area contributed by atoms with Crippen LogP contribution in [0.3, 0.4) is 0 Å². The van der Waals surface area contributed by atoms with Crippen LogP contribution in [0.15, 0.2) is 46.7 Å². The highest BCUT2D eigenvalue weighted by atomic mass is 35.5. The largest absolute Gasteiger partial charge is 0.508 e. The molecule has 0 aromatic carbocycles. The monoisotopic (exact) mass is 422 g/mol. The second-order valence-electron chi connectivity index (χ2n) is 8.25. The Morgan fingerprint density at radius 3 is 2.38 bits per heavy atom. The molecule has 2 bridgehead atoms. The Hall–Kier alpha value is -2.06. The lowest BCUT2D eigenvalue weighted by atomic mass is 9.40. The molecule has 7 nitrogen and oxygen atoms in total. The van der Waals surface area contributed by atoms with Gasteiger partial charge in [-0.15, -0.1) is 0 Å². The number of aliphatic hydroxyl groups excluding tert-OH is 3. The van der Waals surface area contributed by atoms with Gasteiger partial charge in [-0.2, -0.15) is 0 Å². The molecule has 0 amide bonds. The third kappa shape index (κ3) is 2.65. The third-order valence-corrected chi connectivity index (χ3v) is 6.66.